The SMILES string of the molecule is CCCNc1ccc([N+](=O)[O-])c(NCCCCSC)n1. The number of rotatable bonds is 10. The number of hydrogen-bond donors (Lipinski definition) is 2. The minimum Gasteiger partial charge on any atom is -0.370 e. The van der Waals surface area contributed by atoms with Crippen molar-refractivity contribution in [2.75, 3.05) is 35.7 Å². The average molecular weight is 298 g/mol. The molecule has 0 atom stereocenters. The van der Waals surface area contributed by atoms with Crippen LogP contribution in [0.3, 0.4) is 0 Å². The third-order valence-corrected chi connectivity index (χ3v) is 3.39. The summed E-state index contributed by atoms with van der Waals surface area (Å²) in [4.78, 5) is 14.9. The summed E-state index contributed by atoms with van der Waals surface area (Å²) in [6, 6.07) is 3.14. The minimum absolute atomic E-state index is 0.0249. The summed E-state index contributed by atoms with van der Waals surface area (Å²) in [5.74, 6) is 2.12. The predicted molar refractivity (Wildman–Crippen MR) is 85.8 cm³/mol. The standard InChI is InChI=1S/C13H22N4O2S/c1-3-8-14-12-7-6-11(17(18)19)13(16-12)15-9-4-5-10-20-2/h6-7H,3-5,8-10H2,1-2H3,(H2,14,15,16). The van der Waals surface area contributed by atoms with Crippen LogP contribution in [-0.4, -0.2) is 35.0 Å². The topological polar surface area (TPSA) is 80.1 Å². The fraction of sp³-hybridized carbons (Fsp3) is 0.615. The fourth-order valence-electron chi connectivity index (χ4n) is 1.66. The molecule has 0 aromatic carbocycles. The normalized spacial score (nSPS) is 10.3. The number of hydrogen-bond acceptors (Lipinski definition) is 6. The molecule has 112 valence electrons. The number of aromatic nitrogens is 1. The van der Waals surface area contributed by atoms with Gasteiger partial charge in [0.05, 0.1) is 4.92 Å². The number of thioether (sulfide) groups is 1. The van der Waals surface area contributed by atoms with Gasteiger partial charge in [-0.2, -0.15) is 11.8 Å². The van der Waals surface area contributed by atoms with E-state index in [4.69, 9.17) is 0 Å². The Morgan fingerprint density at radius 2 is 2.10 bits per heavy atom. The molecule has 6 nitrogen and oxygen atoms in total. The first-order chi connectivity index (χ1) is 9.69. The maximum absolute atomic E-state index is 11.0. The molecular weight excluding hydrogens is 276 g/mol. The van der Waals surface area contributed by atoms with Gasteiger partial charge in [0.15, 0.2) is 0 Å². The Labute approximate surface area is 123 Å². The van der Waals surface area contributed by atoms with Crippen molar-refractivity contribution < 1.29 is 4.92 Å². The summed E-state index contributed by atoms with van der Waals surface area (Å²) in [5, 5.41) is 17.2. The zero-order chi connectivity index (χ0) is 14.8. The predicted octanol–water partition coefficient (Wildman–Crippen LogP) is 3.37. The number of anilines is 2. The Balaban J connectivity index is 2.65. The highest BCUT2D eigenvalue weighted by Gasteiger charge is 2.15. The molecule has 0 amide bonds. The highest BCUT2D eigenvalue weighted by molar-refractivity contribution is 7.98. The van der Waals surface area contributed by atoms with Crippen molar-refractivity contribution in [3.63, 3.8) is 0 Å². The maximum atomic E-state index is 11.0. The van der Waals surface area contributed by atoms with Crippen LogP contribution in [0.5, 0.6) is 0 Å². The zero-order valence-electron chi connectivity index (χ0n) is 12.0. The molecule has 0 radical (unpaired) electrons. The molecule has 0 aliphatic heterocycles. The van der Waals surface area contributed by atoms with Crippen molar-refractivity contribution in [1.29, 1.82) is 0 Å². The van der Waals surface area contributed by atoms with E-state index in [0.717, 1.165) is 31.6 Å². The van der Waals surface area contributed by atoms with Crippen LogP contribution in [0.2, 0.25) is 0 Å². The second-order valence-electron chi connectivity index (χ2n) is 4.37. The van der Waals surface area contributed by atoms with E-state index in [1.807, 2.05) is 0 Å². The van der Waals surface area contributed by atoms with Crippen molar-refractivity contribution in [3.05, 3.63) is 22.2 Å². The second-order valence-corrected chi connectivity index (χ2v) is 5.36. The molecule has 1 aromatic rings. The van der Waals surface area contributed by atoms with E-state index < -0.39 is 4.92 Å². The van der Waals surface area contributed by atoms with E-state index in [0.29, 0.717) is 18.2 Å². The van der Waals surface area contributed by atoms with Crippen LogP contribution in [0.1, 0.15) is 26.2 Å². The summed E-state index contributed by atoms with van der Waals surface area (Å²) in [6.07, 6.45) is 5.13. The highest BCUT2D eigenvalue weighted by atomic mass is 32.2. The van der Waals surface area contributed by atoms with E-state index in [9.17, 15) is 10.1 Å². The largest absolute Gasteiger partial charge is 0.370 e. The highest BCUT2D eigenvalue weighted by Crippen LogP contribution is 2.24. The minimum atomic E-state index is -0.402. The van der Waals surface area contributed by atoms with Gasteiger partial charge in [0.1, 0.15) is 5.82 Å². The molecule has 7 heteroatoms. The second kappa shape index (κ2) is 9.41. The lowest BCUT2D eigenvalue weighted by molar-refractivity contribution is -0.384. The van der Waals surface area contributed by atoms with Crippen LogP contribution in [0.15, 0.2) is 12.1 Å². The number of unbranched alkanes of at least 4 members (excludes halogenated alkanes) is 1. The molecule has 1 aromatic heterocycles. The van der Waals surface area contributed by atoms with Crippen molar-refractivity contribution in [3.8, 4) is 0 Å². The molecule has 0 bridgehead atoms. The molecule has 1 heterocycles. The lowest BCUT2D eigenvalue weighted by Gasteiger charge is -2.09. The van der Waals surface area contributed by atoms with Crippen LogP contribution in [-0.2, 0) is 0 Å². The van der Waals surface area contributed by atoms with Crippen LogP contribution >= 0.6 is 11.8 Å². The van der Waals surface area contributed by atoms with Crippen LogP contribution < -0.4 is 10.6 Å². The molecule has 0 saturated carbocycles. The van der Waals surface area contributed by atoms with Crippen molar-refractivity contribution >= 4 is 29.1 Å². The first-order valence-corrected chi connectivity index (χ1v) is 8.20. The number of nitro groups is 1. The fourth-order valence-corrected chi connectivity index (χ4v) is 2.15. The molecule has 0 spiro atoms. The van der Waals surface area contributed by atoms with E-state index in [2.05, 4.69) is 28.8 Å². The van der Waals surface area contributed by atoms with Gasteiger partial charge in [0.25, 0.3) is 0 Å². The van der Waals surface area contributed by atoms with Gasteiger partial charge in [-0.25, -0.2) is 4.98 Å². The molecular formula is C13H22N4O2S. The Morgan fingerprint density at radius 1 is 1.30 bits per heavy atom. The molecule has 0 saturated heterocycles. The van der Waals surface area contributed by atoms with Gasteiger partial charge in [0.2, 0.25) is 5.82 Å². The van der Waals surface area contributed by atoms with Crippen molar-refractivity contribution in [2.45, 2.75) is 26.2 Å². The third kappa shape index (κ3) is 5.64. The quantitative estimate of drug-likeness (QED) is 0.391. The molecule has 2 N–H and O–H groups in total. The molecule has 20 heavy (non-hydrogen) atoms. The Hall–Kier alpha value is -1.50. The van der Waals surface area contributed by atoms with Crippen LogP contribution in [0.25, 0.3) is 0 Å². The monoisotopic (exact) mass is 298 g/mol. The lowest BCUT2D eigenvalue weighted by atomic mass is 10.3. The molecule has 0 unspecified atom stereocenters. The van der Waals surface area contributed by atoms with Gasteiger partial charge in [-0.15, -0.1) is 0 Å². The van der Waals surface area contributed by atoms with E-state index in [1.54, 1.807) is 17.8 Å². The molecule has 1 rings (SSSR count). The summed E-state index contributed by atoms with van der Waals surface area (Å²) in [7, 11) is 0. The van der Waals surface area contributed by atoms with Gasteiger partial charge in [-0.05, 0) is 37.3 Å². The number of pyridine rings is 1. The van der Waals surface area contributed by atoms with Gasteiger partial charge < -0.3 is 10.6 Å². The van der Waals surface area contributed by atoms with Crippen molar-refractivity contribution in [2.24, 2.45) is 0 Å². The van der Waals surface area contributed by atoms with E-state index in [1.165, 1.54) is 6.07 Å². The Morgan fingerprint density at radius 3 is 2.75 bits per heavy atom. The maximum Gasteiger partial charge on any atom is 0.311 e. The van der Waals surface area contributed by atoms with Crippen LogP contribution in [0.4, 0.5) is 17.3 Å². The summed E-state index contributed by atoms with van der Waals surface area (Å²) >= 11 is 1.81. The van der Waals surface area contributed by atoms with Gasteiger partial charge in [-0.3, -0.25) is 10.1 Å². The number of nitrogens with one attached hydrogen (secondary N) is 2. The first kappa shape index (κ1) is 16.6. The first-order valence-electron chi connectivity index (χ1n) is 6.81. The third-order valence-electron chi connectivity index (χ3n) is 2.69. The summed E-state index contributed by atoms with van der Waals surface area (Å²) < 4.78 is 0. The molecule has 0 aliphatic carbocycles. The Bertz CT molecular complexity index is 429. The zero-order valence-corrected chi connectivity index (χ0v) is 12.8. The molecule has 0 fully saturated rings. The summed E-state index contributed by atoms with van der Waals surface area (Å²) in [5.41, 5.74) is 0.0249. The average Bonchev–Trinajstić information content (AvgIpc) is 2.44. The Kier molecular flexibility index (Phi) is 7.79. The lowest BCUT2D eigenvalue weighted by Crippen LogP contribution is -2.09. The van der Waals surface area contributed by atoms with Gasteiger partial charge >= 0.3 is 5.69 Å². The van der Waals surface area contributed by atoms with E-state index >= 15 is 0 Å². The van der Waals surface area contributed by atoms with E-state index in [-0.39, 0.29) is 5.69 Å². The summed E-state index contributed by atoms with van der Waals surface area (Å²) in [6.45, 7) is 3.56. The van der Waals surface area contributed by atoms with Gasteiger partial charge in [0, 0.05) is 19.2 Å². The number of nitrogens with zero attached hydrogens (tertiary/aromatic N) is 2. The molecule has 0 aliphatic rings. The van der Waals surface area contributed by atoms with Crippen molar-refractivity contribution in [1.82, 2.24) is 4.98 Å². The van der Waals surface area contributed by atoms with Gasteiger partial charge in [-0.1, -0.05) is 6.92 Å². The van der Waals surface area contributed by atoms with Crippen LogP contribution in [0, 0.1) is 10.1 Å². The smallest absolute Gasteiger partial charge is 0.311 e.